The number of rotatable bonds is 2. The van der Waals surface area contributed by atoms with Crippen molar-refractivity contribution in [3.05, 3.63) is 23.8 Å². The summed E-state index contributed by atoms with van der Waals surface area (Å²) in [6.45, 7) is 0. The van der Waals surface area contributed by atoms with Gasteiger partial charge >= 0.3 is 0 Å². The van der Waals surface area contributed by atoms with E-state index in [1.165, 1.54) is 0 Å². The van der Waals surface area contributed by atoms with Crippen LogP contribution in [-0.2, 0) is 9.59 Å². The Kier molecular flexibility index (Phi) is 2.21. The van der Waals surface area contributed by atoms with Crippen LogP contribution in [0, 0.1) is 0 Å². The molecular weight excluding hydrogens is 142 g/mol. The number of allylic oxidation sites excluding steroid dienone is 3. The summed E-state index contributed by atoms with van der Waals surface area (Å²) in [7, 11) is 0. The molecule has 0 unspecified atom stereocenters. The number of hydrogen-bond donors (Lipinski definition) is 1. The van der Waals surface area contributed by atoms with Crippen LogP contribution in [0.5, 0.6) is 0 Å². The van der Waals surface area contributed by atoms with E-state index in [4.69, 9.17) is 5.73 Å². The standard InChI is InChI=1S/C8H9NO2/c9-8(11)5-6-3-1-2-4-7(6)10/h1-3H,4-5H2,(H2,9,11). The van der Waals surface area contributed by atoms with Gasteiger partial charge in [0, 0.05) is 12.0 Å². The SMILES string of the molecule is NC(=O)CC1=CC=CCC1=O. The summed E-state index contributed by atoms with van der Waals surface area (Å²) in [5.41, 5.74) is 5.44. The van der Waals surface area contributed by atoms with Gasteiger partial charge in [-0.15, -0.1) is 0 Å². The molecule has 0 aliphatic heterocycles. The zero-order chi connectivity index (χ0) is 8.27. The third-order valence-electron chi connectivity index (χ3n) is 1.46. The molecular formula is C8H9NO2. The van der Waals surface area contributed by atoms with Crippen molar-refractivity contribution in [3.8, 4) is 0 Å². The highest BCUT2D eigenvalue weighted by Crippen LogP contribution is 2.10. The van der Waals surface area contributed by atoms with E-state index in [0.717, 1.165) is 0 Å². The van der Waals surface area contributed by atoms with Gasteiger partial charge in [-0.1, -0.05) is 18.2 Å². The second-order valence-corrected chi connectivity index (χ2v) is 2.39. The molecule has 0 aromatic rings. The van der Waals surface area contributed by atoms with Gasteiger partial charge in [0.2, 0.25) is 5.91 Å². The van der Waals surface area contributed by atoms with Crippen molar-refractivity contribution in [2.24, 2.45) is 5.73 Å². The quantitative estimate of drug-likeness (QED) is 0.617. The van der Waals surface area contributed by atoms with Crippen molar-refractivity contribution in [2.45, 2.75) is 12.8 Å². The maximum atomic E-state index is 11.0. The average molecular weight is 151 g/mol. The highest BCUT2D eigenvalue weighted by Gasteiger charge is 2.11. The molecule has 3 heteroatoms. The van der Waals surface area contributed by atoms with Crippen molar-refractivity contribution in [3.63, 3.8) is 0 Å². The van der Waals surface area contributed by atoms with Gasteiger partial charge < -0.3 is 5.73 Å². The maximum absolute atomic E-state index is 11.0. The Hall–Kier alpha value is -1.38. The highest BCUT2D eigenvalue weighted by molar-refractivity contribution is 6.01. The number of primary amides is 1. The fourth-order valence-corrected chi connectivity index (χ4v) is 0.929. The largest absolute Gasteiger partial charge is 0.369 e. The molecule has 0 aromatic heterocycles. The molecule has 0 fully saturated rings. The molecule has 0 spiro atoms. The first-order valence-electron chi connectivity index (χ1n) is 3.37. The van der Waals surface area contributed by atoms with Gasteiger partial charge in [0.05, 0.1) is 6.42 Å². The van der Waals surface area contributed by atoms with Crippen LogP contribution in [0.3, 0.4) is 0 Å². The summed E-state index contributed by atoms with van der Waals surface area (Å²) in [6, 6.07) is 0. The summed E-state index contributed by atoms with van der Waals surface area (Å²) in [4.78, 5) is 21.4. The van der Waals surface area contributed by atoms with E-state index in [9.17, 15) is 9.59 Å². The van der Waals surface area contributed by atoms with Gasteiger partial charge in [0.1, 0.15) is 0 Å². The van der Waals surface area contributed by atoms with Crippen LogP contribution in [-0.4, -0.2) is 11.7 Å². The second-order valence-electron chi connectivity index (χ2n) is 2.39. The van der Waals surface area contributed by atoms with E-state index >= 15 is 0 Å². The highest BCUT2D eigenvalue weighted by atomic mass is 16.1. The minimum Gasteiger partial charge on any atom is -0.369 e. The lowest BCUT2D eigenvalue weighted by molar-refractivity contribution is -0.120. The summed E-state index contributed by atoms with van der Waals surface area (Å²) in [5.74, 6) is -0.466. The van der Waals surface area contributed by atoms with Crippen LogP contribution in [0.15, 0.2) is 23.8 Å². The van der Waals surface area contributed by atoms with Crippen LogP contribution in [0.1, 0.15) is 12.8 Å². The molecule has 0 aromatic carbocycles. The Morgan fingerprint density at radius 3 is 2.91 bits per heavy atom. The Balaban J connectivity index is 2.68. The lowest BCUT2D eigenvalue weighted by Crippen LogP contribution is -2.15. The average Bonchev–Trinajstić information content (AvgIpc) is 1.93. The smallest absolute Gasteiger partial charge is 0.221 e. The Bertz CT molecular complexity index is 251. The predicted octanol–water partition coefficient (Wildman–Crippen LogP) is 0.317. The molecule has 0 bridgehead atoms. The van der Waals surface area contributed by atoms with Crippen molar-refractivity contribution < 1.29 is 9.59 Å². The predicted molar refractivity (Wildman–Crippen MR) is 40.7 cm³/mol. The zero-order valence-corrected chi connectivity index (χ0v) is 6.04. The number of hydrogen-bond acceptors (Lipinski definition) is 2. The number of Topliss-reactive ketones (excluding diaryl/α,β-unsaturated/α-hetero) is 1. The van der Waals surface area contributed by atoms with Gasteiger partial charge in [0.15, 0.2) is 5.78 Å². The van der Waals surface area contributed by atoms with Crippen molar-refractivity contribution in [2.75, 3.05) is 0 Å². The maximum Gasteiger partial charge on any atom is 0.221 e. The molecule has 0 atom stereocenters. The van der Waals surface area contributed by atoms with Gasteiger partial charge in [-0.05, 0) is 0 Å². The zero-order valence-electron chi connectivity index (χ0n) is 6.04. The molecule has 0 saturated carbocycles. The Morgan fingerprint density at radius 1 is 1.64 bits per heavy atom. The van der Waals surface area contributed by atoms with Gasteiger partial charge in [-0.3, -0.25) is 9.59 Å². The first kappa shape index (κ1) is 7.72. The molecule has 11 heavy (non-hydrogen) atoms. The molecule has 1 rings (SSSR count). The lowest BCUT2D eigenvalue weighted by atomic mass is 10.0. The van der Waals surface area contributed by atoms with Crippen LogP contribution in [0.2, 0.25) is 0 Å². The van der Waals surface area contributed by atoms with E-state index < -0.39 is 5.91 Å². The summed E-state index contributed by atoms with van der Waals surface area (Å²) < 4.78 is 0. The molecule has 1 aliphatic rings. The number of amides is 1. The van der Waals surface area contributed by atoms with Crippen LogP contribution in [0.25, 0.3) is 0 Å². The Labute approximate surface area is 64.6 Å². The molecule has 0 heterocycles. The molecule has 1 amide bonds. The van der Waals surface area contributed by atoms with Crippen LogP contribution < -0.4 is 5.73 Å². The third kappa shape index (κ3) is 2.04. The first-order valence-corrected chi connectivity index (χ1v) is 3.37. The number of carbonyl (C=O) groups is 2. The van der Waals surface area contributed by atoms with Crippen LogP contribution in [0.4, 0.5) is 0 Å². The van der Waals surface area contributed by atoms with Gasteiger partial charge in [-0.25, -0.2) is 0 Å². The van der Waals surface area contributed by atoms with Crippen molar-refractivity contribution >= 4 is 11.7 Å². The summed E-state index contributed by atoms with van der Waals surface area (Å²) in [5, 5.41) is 0. The van der Waals surface area contributed by atoms with E-state index in [1.807, 2.05) is 0 Å². The normalized spacial score (nSPS) is 16.4. The van der Waals surface area contributed by atoms with Crippen LogP contribution >= 0.6 is 0 Å². The van der Waals surface area contributed by atoms with E-state index in [0.29, 0.717) is 12.0 Å². The van der Waals surface area contributed by atoms with E-state index in [2.05, 4.69) is 0 Å². The van der Waals surface area contributed by atoms with E-state index in [-0.39, 0.29) is 12.2 Å². The number of ketones is 1. The summed E-state index contributed by atoms with van der Waals surface area (Å²) >= 11 is 0. The Morgan fingerprint density at radius 2 is 2.36 bits per heavy atom. The number of carbonyl (C=O) groups excluding carboxylic acids is 2. The molecule has 2 N–H and O–H groups in total. The van der Waals surface area contributed by atoms with E-state index in [1.54, 1.807) is 18.2 Å². The van der Waals surface area contributed by atoms with Gasteiger partial charge in [-0.2, -0.15) is 0 Å². The van der Waals surface area contributed by atoms with Crippen molar-refractivity contribution in [1.82, 2.24) is 0 Å². The first-order chi connectivity index (χ1) is 5.20. The van der Waals surface area contributed by atoms with Crippen molar-refractivity contribution in [1.29, 1.82) is 0 Å². The number of nitrogens with two attached hydrogens (primary N) is 1. The fourth-order valence-electron chi connectivity index (χ4n) is 0.929. The lowest BCUT2D eigenvalue weighted by Gasteiger charge is -2.04. The summed E-state index contributed by atoms with van der Waals surface area (Å²) in [6.07, 6.45) is 5.60. The monoisotopic (exact) mass is 151 g/mol. The third-order valence-corrected chi connectivity index (χ3v) is 1.46. The molecule has 0 saturated heterocycles. The minimum absolute atomic E-state index is 0.00806. The molecule has 58 valence electrons. The minimum atomic E-state index is -0.458. The molecule has 0 radical (unpaired) electrons. The second kappa shape index (κ2) is 3.14. The fraction of sp³-hybridized carbons (Fsp3) is 0.250. The molecule has 1 aliphatic carbocycles. The van der Waals surface area contributed by atoms with Gasteiger partial charge in [0.25, 0.3) is 0 Å². The molecule has 3 nitrogen and oxygen atoms in total. The topological polar surface area (TPSA) is 60.2 Å².